The molecule has 0 radical (unpaired) electrons. The SMILES string of the molecule is COc1cc(-c2c[nH]n(-c3ccc(C(=O)NCCCN4CCOCC4)cn3)c2=O)ccn1. The first-order valence-corrected chi connectivity index (χ1v) is 10.5. The molecule has 0 aliphatic carbocycles. The van der Waals surface area contributed by atoms with Gasteiger partial charge in [0.15, 0.2) is 5.82 Å². The van der Waals surface area contributed by atoms with Crippen LogP contribution in [0.25, 0.3) is 16.9 Å². The largest absolute Gasteiger partial charge is 0.481 e. The fourth-order valence-corrected chi connectivity index (χ4v) is 3.52. The highest BCUT2D eigenvalue weighted by molar-refractivity contribution is 5.93. The first-order chi connectivity index (χ1) is 15.7. The molecule has 1 amide bonds. The lowest BCUT2D eigenvalue weighted by molar-refractivity contribution is 0.0374. The van der Waals surface area contributed by atoms with Gasteiger partial charge in [-0.2, -0.15) is 0 Å². The van der Waals surface area contributed by atoms with Crippen LogP contribution in [-0.4, -0.2) is 77.1 Å². The zero-order chi connectivity index (χ0) is 22.3. The third-order valence-electron chi connectivity index (χ3n) is 5.31. The van der Waals surface area contributed by atoms with Crippen molar-refractivity contribution < 1.29 is 14.3 Å². The molecular weight excluding hydrogens is 412 g/mol. The van der Waals surface area contributed by atoms with Crippen molar-refractivity contribution in [2.45, 2.75) is 6.42 Å². The van der Waals surface area contributed by atoms with Crippen LogP contribution in [0.4, 0.5) is 0 Å². The number of carbonyl (C=O) groups is 1. The van der Waals surface area contributed by atoms with Crippen molar-refractivity contribution in [3.8, 4) is 22.8 Å². The molecule has 10 nitrogen and oxygen atoms in total. The molecule has 1 saturated heterocycles. The Morgan fingerprint density at radius 1 is 1.25 bits per heavy atom. The average Bonchev–Trinajstić information content (AvgIpc) is 3.23. The Balaban J connectivity index is 1.36. The number of aromatic amines is 1. The minimum Gasteiger partial charge on any atom is -0.481 e. The monoisotopic (exact) mass is 438 g/mol. The number of nitrogens with one attached hydrogen (secondary N) is 2. The van der Waals surface area contributed by atoms with Gasteiger partial charge in [0.05, 0.1) is 31.5 Å². The molecule has 0 bridgehead atoms. The van der Waals surface area contributed by atoms with Crippen LogP contribution in [0.2, 0.25) is 0 Å². The van der Waals surface area contributed by atoms with Crippen LogP contribution in [0, 0.1) is 0 Å². The number of nitrogens with zero attached hydrogens (tertiary/aromatic N) is 4. The summed E-state index contributed by atoms with van der Waals surface area (Å²) in [4.78, 5) is 35.9. The second-order valence-corrected chi connectivity index (χ2v) is 7.38. The van der Waals surface area contributed by atoms with Gasteiger partial charge in [0.1, 0.15) is 0 Å². The van der Waals surface area contributed by atoms with Gasteiger partial charge in [0.2, 0.25) is 5.88 Å². The van der Waals surface area contributed by atoms with E-state index in [1.165, 1.54) is 18.0 Å². The molecule has 1 aliphatic heterocycles. The summed E-state index contributed by atoms with van der Waals surface area (Å²) < 4.78 is 11.8. The quantitative estimate of drug-likeness (QED) is 0.506. The van der Waals surface area contributed by atoms with Gasteiger partial charge in [-0.05, 0) is 36.7 Å². The van der Waals surface area contributed by atoms with E-state index >= 15 is 0 Å². The maximum atomic E-state index is 12.8. The lowest BCUT2D eigenvalue weighted by Gasteiger charge is -2.26. The van der Waals surface area contributed by atoms with E-state index in [0.717, 1.165) is 39.3 Å². The summed E-state index contributed by atoms with van der Waals surface area (Å²) in [6.07, 6.45) is 5.53. The predicted octanol–water partition coefficient (Wildman–Crippen LogP) is 1.08. The number of aromatic nitrogens is 4. The molecule has 0 aromatic carbocycles. The third kappa shape index (κ3) is 5.04. The topological polar surface area (TPSA) is 114 Å². The van der Waals surface area contributed by atoms with Crippen LogP contribution in [0.3, 0.4) is 0 Å². The highest BCUT2D eigenvalue weighted by Crippen LogP contribution is 2.19. The number of carbonyl (C=O) groups excluding carboxylic acids is 1. The molecule has 10 heteroatoms. The van der Waals surface area contributed by atoms with Crippen molar-refractivity contribution in [1.29, 1.82) is 0 Å². The van der Waals surface area contributed by atoms with E-state index in [2.05, 4.69) is 25.3 Å². The molecule has 168 valence electrons. The van der Waals surface area contributed by atoms with Crippen molar-refractivity contribution in [3.63, 3.8) is 0 Å². The van der Waals surface area contributed by atoms with Gasteiger partial charge in [-0.1, -0.05) is 0 Å². The number of pyridine rings is 2. The highest BCUT2D eigenvalue weighted by atomic mass is 16.5. The van der Waals surface area contributed by atoms with E-state index in [9.17, 15) is 9.59 Å². The Morgan fingerprint density at radius 3 is 2.84 bits per heavy atom. The molecule has 0 atom stereocenters. The lowest BCUT2D eigenvalue weighted by atomic mass is 10.1. The van der Waals surface area contributed by atoms with E-state index in [1.807, 2.05) is 0 Å². The predicted molar refractivity (Wildman–Crippen MR) is 118 cm³/mol. The van der Waals surface area contributed by atoms with Crippen LogP contribution in [0.1, 0.15) is 16.8 Å². The Bertz CT molecular complexity index is 1100. The summed E-state index contributed by atoms with van der Waals surface area (Å²) in [5, 5.41) is 5.83. The van der Waals surface area contributed by atoms with Crippen molar-refractivity contribution >= 4 is 5.91 Å². The van der Waals surface area contributed by atoms with Crippen LogP contribution < -0.4 is 15.6 Å². The third-order valence-corrected chi connectivity index (χ3v) is 5.31. The van der Waals surface area contributed by atoms with Crippen molar-refractivity contribution in [2.24, 2.45) is 0 Å². The van der Waals surface area contributed by atoms with Crippen molar-refractivity contribution in [3.05, 3.63) is 58.8 Å². The smallest absolute Gasteiger partial charge is 0.280 e. The molecule has 3 aromatic rings. The lowest BCUT2D eigenvalue weighted by Crippen LogP contribution is -2.38. The molecule has 0 saturated carbocycles. The zero-order valence-corrected chi connectivity index (χ0v) is 17.9. The van der Waals surface area contributed by atoms with Crippen LogP contribution in [-0.2, 0) is 4.74 Å². The van der Waals surface area contributed by atoms with E-state index in [4.69, 9.17) is 9.47 Å². The number of hydrogen-bond donors (Lipinski definition) is 2. The normalized spacial score (nSPS) is 14.3. The van der Waals surface area contributed by atoms with Crippen molar-refractivity contribution in [1.82, 2.24) is 30.0 Å². The van der Waals surface area contributed by atoms with Crippen LogP contribution in [0.15, 0.2) is 47.7 Å². The molecule has 4 rings (SSSR count). The van der Waals surface area contributed by atoms with Gasteiger partial charge in [-0.3, -0.25) is 19.6 Å². The summed E-state index contributed by atoms with van der Waals surface area (Å²) in [5.41, 5.74) is 1.34. The zero-order valence-electron chi connectivity index (χ0n) is 17.9. The average molecular weight is 438 g/mol. The Hall–Kier alpha value is -3.50. The van der Waals surface area contributed by atoms with Crippen molar-refractivity contribution in [2.75, 3.05) is 46.5 Å². The van der Waals surface area contributed by atoms with Gasteiger partial charge in [0.25, 0.3) is 11.5 Å². The summed E-state index contributed by atoms with van der Waals surface area (Å²) in [6.45, 7) is 4.94. The number of rotatable bonds is 8. The maximum Gasteiger partial charge on any atom is 0.280 e. The number of methoxy groups -OCH3 is 1. The summed E-state index contributed by atoms with van der Waals surface area (Å²) >= 11 is 0. The fraction of sp³-hybridized carbons (Fsp3) is 0.364. The van der Waals surface area contributed by atoms with Gasteiger partial charge in [-0.25, -0.2) is 14.6 Å². The van der Waals surface area contributed by atoms with E-state index < -0.39 is 0 Å². The highest BCUT2D eigenvalue weighted by Gasteiger charge is 2.13. The molecule has 1 fully saturated rings. The van der Waals surface area contributed by atoms with E-state index in [0.29, 0.717) is 34.9 Å². The molecule has 0 spiro atoms. The second kappa shape index (κ2) is 10.2. The number of morpholine rings is 1. The summed E-state index contributed by atoms with van der Waals surface area (Å²) in [6, 6.07) is 6.71. The Labute approximate surface area is 185 Å². The van der Waals surface area contributed by atoms with Crippen LogP contribution >= 0.6 is 0 Å². The second-order valence-electron chi connectivity index (χ2n) is 7.38. The number of ether oxygens (including phenoxy) is 2. The van der Waals surface area contributed by atoms with E-state index in [1.54, 1.807) is 36.7 Å². The molecule has 0 unspecified atom stereocenters. The molecule has 4 heterocycles. The van der Waals surface area contributed by atoms with Gasteiger partial charge >= 0.3 is 0 Å². The van der Waals surface area contributed by atoms with Gasteiger partial charge < -0.3 is 14.8 Å². The van der Waals surface area contributed by atoms with Crippen LogP contribution in [0.5, 0.6) is 5.88 Å². The number of H-pyrrole nitrogens is 1. The maximum absolute atomic E-state index is 12.8. The first-order valence-electron chi connectivity index (χ1n) is 10.5. The van der Waals surface area contributed by atoms with Gasteiger partial charge in [0, 0.05) is 44.3 Å². The van der Waals surface area contributed by atoms with E-state index in [-0.39, 0.29) is 11.5 Å². The van der Waals surface area contributed by atoms with Gasteiger partial charge in [-0.15, -0.1) is 0 Å². The molecular formula is C22H26N6O4. The Morgan fingerprint density at radius 2 is 2.09 bits per heavy atom. The standard InChI is InChI=1S/C22H26N6O4/c1-31-20-13-16(5-7-23-20)18-15-26-28(22(18)30)19-4-3-17(14-25-19)21(29)24-6-2-8-27-9-11-32-12-10-27/h3-5,7,13-15,26H,2,6,8-12H2,1H3,(H,24,29). The Kier molecular flexibility index (Phi) is 6.93. The molecule has 2 N–H and O–H groups in total. The molecule has 1 aliphatic rings. The summed E-state index contributed by atoms with van der Waals surface area (Å²) in [5.74, 6) is 0.633. The first kappa shape index (κ1) is 21.7. The summed E-state index contributed by atoms with van der Waals surface area (Å²) in [7, 11) is 1.52. The number of hydrogen-bond acceptors (Lipinski definition) is 7. The molecule has 3 aromatic heterocycles. The fourth-order valence-electron chi connectivity index (χ4n) is 3.52. The molecule has 32 heavy (non-hydrogen) atoms. The number of amides is 1. The minimum atomic E-state index is -0.258. The minimum absolute atomic E-state index is 0.186.